The van der Waals surface area contributed by atoms with Crippen LogP contribution in [-0.4, -0.2) is 57.1 Å². The first-order chi connectivity index (χ1) is 15.2. The fraction of sp³-hybridized carbons (Fsp3) is 0.273. The van der Waals surface area contributed by atoms with Gasteiger partial charge in [-0.3, -0.25) is 19.2 Å². The monoisotopic (exact) mass is 444 g/mol. The van der Waals surface area contributed by atoms with Gasteiger partial charge in [0.2, 0.25) is 0 Å². The Kier molecular flexibility index (Phi) is 6.62. The average Bonchev–Trinajstić information content (AvgIpc) is 2.73. The first kappa shape index (κ1) is 22.6. The zero-order valence-corrected chi connectivity index (χ0v) is 16.8. The maximum absolute atomic E-state index is 13.0. The van der Waals surface area contributed by atoms with E-state index in [-0.39, 0.29) is 84.1 Å². The predicted octanol–water partition coefficient (Wildman–Crippen LogP) is 2.36. The second kappa shape index (κ2) is 9.38. The number of carbonyl (C=O) groups excluding carboxylic acids is 2. The molecule has 10 nitrogen and oxygen atoms in total. The lowest BCUT2D eigenvalue weighted by atomic mass is 9.83. The summed E-state index contributed by atoms with van der Waals surface area (Å²) in [5.41, 5.74) is -0.160. The molecule has 3 rings (SSSR count). The van der Waals surface area contributed by atoms with Crippen molar-refractivity contribution in [2.24, 2.45) is 0 Å². The van der Waals surface area contributed by atoms with Crippen LogP contribution >= 0.6 is 0 Å². The smallest absolute Gasteiger partial charge is 0.303 e. The van der Waals surface area contributed by atoms with Crippen molar-refractivity contribution in [1.29, 1.82) is 0 Å². The number of hydrogen-bond donors (Lipinski definition) is 4. The van der Waals surface area contributed by atoms with Crippen molar-refractivity contribution in [3.05, 3.63) is 46.5 Å². The molecule has 0 unspecified atom stereocenters. The highest BCUT2D eigenvalue weighted by Crippen LogP contribution is 2.39. The maximum atomic E-state index is 13.0. The first-order valence-electron chi connectivity index (χ1n) is 9.71. The number of hydrogen-bond acceptors (Lipinski definition) is 8. The van der Waals surface area contributed by atoms with Crippen molar-refractivity contribution in [3.8, 4) is 23.0 Å². The van der Waals surface area contributed by atoms with Gasteiger partial charge in [0, 0.05) is 35.1 Å². The number of phenols is 2. The van der Waals surface area contributed by atoms with Gasteiger partial charge in [-0.25, -0.2) is 0 Å². The van der Waals surface area contributed by atoms with Crippen LogP contribution in [0.4, 0.5) is 0 Å². The summed E-state index contributed by atoms with van der Waals surface area (Å²) in [6.45, 7) is -0.0286. The van der Waals surface area contributed by atoms with E-state index in [4.69, 9.17) is 19.7 Å². The molecule has 2 aromatic rings. The normalized spacial score (nSPS) is 12.1. The zero-order chi connectivity index (χ0) is 23.4. The Labute approximate surface area is 181 Å². The molecule has 0 fully saturated rings. The van der Waals surface area contributed by atoms with Crippen molar-refractivity contribution in [3.63, 3.8) is 0 Å². The van der Waals surface area contributed by atoms with Gasteiger partial charge in [0.25, 0.3) is 0 Å². The van der Waals surface area contributed by atoms with Crippen molar-refractivity contribution in [2.45, 2.75) is 25.7 Å². The Balaban J connectivity index is 1.85. The van der Waals surface area contributed by atoms with Gasteiger partial charge in [0.05, 0.1) is 13.2 Å². The summed E-state index contributed by atoms with van der Waals surface area (Å²) in [6, 6.07) is 4.63. The molecule has 0 heterocycles. The molecule has 0 saturated carbocycles. The third kappa shape index (κ3) is 4.80. The Morgan fingerprint density at radius 3 is 1.34 bits per heavy atom. The highest BCUT2D eigenvalue weighted by molar-refractivity contribution is 6.29. The van der Waals surface area contributed by atoms with Gasteiger partial charge in [-0.15, -0.1) is 0 Å². The lowest BCUT2D eigenvalue weighted by Gasteiger charge is -2.20. The minimum Gasteiger partial charge on any atom is -0.504 e. The third-order valence-electron chi connectivity index (χ3n) is 4.76. The van der Waals surface area contributed by atoms with Crippen molar-refractivity contribution in [1.82, 2.24) is 0 Å². The minimum atomic E-state index is -0.995. The topological polar surface area (TPSA) is 168 Å². The minimum absolute atomic E-state index is 0.0143. The number of ether oxygens (including phenoxy) is 2. The summed E-state index contributed by atoms with van der Waals surface area (Å²) in [7, 11) is 0. The van der Waals surface area contributed by atoms with Crippen LogP contribution in [0.3, 0.4) is 0 Å². The summed E-state index contributed by atoms with van der Waals surface area (Å²) in [5, 5.41) is 37.7. The number of aromatic hydroxyl groups is 2. The number of phenolic OH excluding ortho intramolecular Hbond substituents is 2. The Morgan fingerprint density at radius 1 is 0.656 bits per heavy atom. The molecule has 168 valence electrons. The van der Waals surface area contributed by atoms with E-state index in [1.54, 1.807) is 0 Å². The molecule has 0 aromatic heterocycles. The molecular formula is C22H20O10. The number of fused-ring (bicyclic) bond motifs is 2. The van der Waals surface area contributed by atoms with E-state index in [0.717, 1.165) is 12.1 Å². The lowest BCUT2D eigenvalue weighted by molar-refractivity contribution is -0.138. The van der Waals surface area contributed by atoms with E-state index >= 15 is 0 Å². The van der Waals surface area contributed by atoms with Gasteiger partial charge in [0.1, 0.15) is 0 Å². The fourth-order valence-electron chi connectivity index (χ4n) is 3.22. The number of carboxylic acid groups (broad SMARTS) is 2. The molecule has 0 bridgehead atoms. The first-order valence-corrected chi connectivity index (χ1v) is 9.71. The molecule has 10 heteroatoms. The van der Waals surface area contributed by atoms with Gasteiger partial charge < -0.3 is 29.9 Å². The van der Waals surface area contributed by atoms with Crippen molar-refractivity contribution in [2.75, 3.05) is 13.2 Å². The van der Waals surface area contributed by atoms with Gasteiger partial charge in [-0.2, -0.15) is 0 Å². The van der Waals surface area contributed by atoms with Crippen LogP contribution in [-0.2, 0) is 9.59 Å². The number of carboxylic acids is 2. The van der Waals surface area contributed by atoms with Crippen LogP contribution in [0.1, 0.15) is 57.5 Å². The van der Waals surface area contributed by atoms with Crippen LogP contribution in [0.5, 0.6) is 23.0 Å². The van der Waals surface area contributed by atoms with Gasteiger partial charge >= 0.3 is 11.9 Å². The SMILES string of the molecule is O=C(O)CCCOc1cc2c(cc1O)C(=O)c1cc(O)c(OCCCC(=O)O)cc1C2=O. The van der Waals surface area contributed by atoms with E-state index in [1.807, 2.05) is 0 Å². The number of ketones is 2. The van der Waals surface area contributed by atoms with Crippen LogP contribution in [0.15, 0.2) is 24.3 Å². The van der Waals surface area contributed by atoms with Crippen LogP contribution in [0.25, 0.3) is 0 Å². The van der Waals surface area contributed by atoms with Crippen LogP contribution in [0, 0.1) is 0 Å². The van der Waals surface area contributed by atoms with E-state index in [2.05, 4.69) is 0 Å². The molecule has 2 aromatic carbocycles. The zero-order valence-electron chi connectivity index (χ0n) is 16.8. The van der Waals surface area contributed by atoms with Crippen molar-refractivity contribution < 1.29 is 49.1 Å². The van der Waals surface area contributed by atoms with E-state index in [1.165, 1.54) is 12.1 Å². The Hall–Kier alpha value is -4.08. The summed E-state index contributed by atoms with van der Waals surface area (Å²) >= 11 is 0. The molecule has 1 aliphatic carbocycles. The quantitative estimate of drug-likeness (QED) is 0.341. The Morgan fingerprint density at radius 2 is 1.00 bits per heavy atom. The van der Waals surface area contributed by atoms with Crippen LogP contribution < -0.4 is 9.47 Å². The molecule has 0 amide bonds. The molecule has 4 N–H and O–H groups in total. The lowest BCUT2D eigenvalue weighted by Crippen LogP contribution is -2.21. The molecule has 1 aliphatic rings. The second-order valence-electron chi connectivity index (χ2n) is 7.08. The fourth-order valence-corrected chi connectivity index (χ4v) is 3.22. The van der Waals surface area contributed by atoms with Crippen molar-refractivity contribution >= 4 is 23.5 Å². The van der Waals surface area contributed by atoms with Gasteiger partial charge in [-0.05, 0) is 37.1 Å². The molecule has 0 atom stereocenters. The third-order valence-corrected chi connectivity index (χ3v) is 4.76. The molecule has 0 radical (unpaired) electrons. The standard InChI is InChI=1S/C22H20O10/c23-15-7-11-13(9-17(15)31-5-1-3-19(25)26)22(30)14-10-18(32-6-2-4-20(27)28)16(24)8-12(14)21(11)29/h7-10,23-24H,1-6H2,(H,25,26)(H,27,28). The van der Waals surface area contributed by atoms with E-state index in [9.17, 15) is 29.4 Å². The number of benzene rings is 2. The number of rotatable bonds is 10. The summed E-state index contributed by atoms with van der Waals surface area (Å²) < 4.78 is 10.7. The average molecular weight is 444 g/mol. The molecule has 0 aliphatic heterocycles. The molecule has 0 saturated heterocycles. The highest BCUT2D eigenvalue weighted by atomic mass is 16.5. The second-order valence-corrected chi connectivity index (χ2v) is 7.08. The summed E-state index contributed by atoms with van der Waals surface area (Å²) in [5.74, 6) is -4.03. The molecule has 32 heavy (non-hydrogen) atoms. The van der Waals surface area contributed by atoms with Crippen LogP contribution in [0.2, 0.25) is 0 Å². The molecular weight excluding hydrogens is 424 g/mol. The maximum Gasteiger partial charge on any atom is 0.303 e. The Bertz CT molecular complexity index is 1020. The van der Waals surface area contributed by atoms with Gasteiger partial charge in [0.15, 0.2) is 34.6 Å². The van der Waals surface area contributed by atoms with Gasteiger partial charge in [-0.1, -0.05) is 0 Å². The number of aliphatic carboxylic acids is 2. The summed E-state index contributed by atoms with van der Waals surface area (Å²) in [6.07, 6.45) is 0.108. The molecule has 0 spiro atoms. The highest BCUT2D eigenvalue weighted by Gasteiger charge is 2.32. The predicted molar refractivity (Wildman–Crippen MR) is 108 cm³/mol. The van der Waals surface area contributed by atoms with E-state index < -0.39 is 23.5 Å². The van der Waals surface area contributed by atoms with E-state index in [0.29, 0.717) is 0 Å². The number of carbonyl (C=O) groups is 4. The summed E-state index contributed by atoms with van der Waals surface area (Å²) in [4.78, 5) is 47.1. The largest absolute Gasteiger partial charge is 0.504 e.